The molecular formula is C17H28O. The van der Waals surface area contributed by atoms with Crippen LogP contribution < -0.4 is 0 Å². The Morgan fingerprint density at radius 3 is 2.33 bits per heavy atom. The van der Waals surface area contributed by atoms with E-state index in [-0.39, 0.29) is 6.10 Å². The third kappa shape index (κ3) is 1.85. The first kappa shape index (κ1) is 11.8. The fourth-order valence-electron chi connectivity index (χ4n) is 6.29. The van der Waals surface area contributed by atoms with E-state index in [9.17, 15) is 5.11 Å². The van der Waals surface area contributed by atoms with Gasteiger partial charge in [0.1, 0.15) is 0 Å². The number of hydrogen-bond donors (Lipinski definition) is 1. The van der Waals surface area contributed by atoms with Crippen molar-refractivity contribution >= 4 is 0 Å². The van der Waals surface area contributed by atoms with Gasteiger partial charge in [0.2, 0.25) is 0 Å². The Labute approximate surface area is 111 Å². The monoisotopic (exact) mass is 248 g/mol. The average molecular weight is 248 g/mol. The minimum absolute atomic E-state index is 0.0170. The van der Waals surface area contributed by atoms with Crippen LogP contribution in [0.5, 0.6) is 0 Å². The molecule has 5 saturated carbocycles. The summed E-state index contributed by atoms with van der Waals surface area (Å²) in [6.45, 7) is 2.51. The maximum absolute atomic E-state index is 10.8. The molecule has 102 valence electrons. The molecule has 3 atom stereocenters. The molecule has 1 heteroatoms. The summed E-state index contributed by atoms with van der Waals surface area (Å²) in [7, 11) is 0. The SMILES string of the molecule is CC12CC3CC(C1)CC(C(O)CCC1CC1)(C3)C2. The van der Waals surface area contributed by atoms with E-state index in [0.717, 1.165) is 24.2 Å². The van der Waals surface area contributed by atoms with Gasteiger partial charge in [0, 0.05) is 0 Å². The molecule has 0 aliphatic heterocycles. The lowest BCUT2D eigenvalue weighted by Gasteiger charge is -2.62. The van der Waals surface area contributed by atoms with Crippen LogP contribution in [0.4, 0.5) is 0 Å². The molecule has 1 N–H and O–H groups in total. The van der Waals surface area contributed by atoms with Crippen molar-refractivity contribution in [2.24, 2.45) is 28.6 Å². The Balaban J connectivity index is 1.51. The van der Waals surface area contributed by atoms with E-state index in [0.29, 0.717) is 10.8 Å². The lowest BCUT2D eigenvalue weighted by Crippen LogP contribution is -2.55. The van der Waals surface area contributed by atoms with Crippen molar-refractivity contribution in [2.45, 2.75) is 77.2 Å². The van der Waals surface area contributed by atoms with Crippen LogP contribution >= 0.6 is 0 Å². The smallest absolute Gasteiger partial charge is 0.0596 e. The van der Waals surface area contributed by atoms with Crippen LogP contribution in [0.1, 0.15) is 71.1 Å². The van der Waals surface area contributed by atoms with Gasteiger partial charge in [-0.1, -0.05) is 19.8 Å². The maximum atomic E-state index is 10.8. The molecule has 5 fully saturated rings. The largest absolute Gasteiger partial charge is 0.393 e. The summed E-state index contributed by atoms with van der Waals surface area (Å²) in [6, 6.07) is 0. The summed E-state index contributed by atoms with van der Waals surface area (Å²) < 4.78 is 0. The van der Waals surface area contributed by atoms with E-state index >= 15 is 0 Å². The molecule has 0 spiro atoms. The zero-order valence-corrected chi connectivity index (χ0v) is 11.8. The molecule has 1 nitrogen and oxygen atoms in total. The first-order valence-corrected chi connectivity index (χ1v) is 8.25. The van der Waals surface area contributed by atoms with Crippen LogP contribution in [0, 0.1) is 28.6 Å². The Morgan fingerprint density at radius 1 is 1.11 bits per heavy atom. The van der Waals surface area contributed by atoms with Gasteiger partial charge in [0.25, 0.3) is 0 Å². The van der Waals surface area contributed by atoms with E-state index < -0.39 is 0 Å². The Kier molecular flexibility index (Phi) is 2.45. The summed E-state index contributed by atoms with van der Waals surface area (Å²) in [5.74, 6) is 2.88. The average Bonchev–Trinajstić information content (AvgIpc) is 3.05. The highest BCUT2D eigenvalue weighted by molar-refractivity contribution is 5.08. The molecule has 0 radical (unpaired) electrons. The van der Waals surface area contributed by atoms with Crippen LogP contribution in [0.15, 0.2) is 0 Å². The molecule has 5 aliphatic carbocycles. The van der Waals surface area contributed by atoms with Gasteiger partial charge in [-0.05, 0) is 80.0 Å². The topological polar surface area (TPSA) is 20.2 Å². The summed E-state index contributed by atoms with van der Waals surface area (Å²) in [6.07, 6.45) is 13.7. The van der Waals surface area contributed by atoms with Crippen LogP contribution in [0.25, 0.3) is 0 Å². The number of hydrogen-bond acceptors (Lipinski definition) is 1. The second-order valence-electron chi connectivity index (χ2n) is 8.67. The summed E-state index contributed by atoms with van der Waals surface area (Å²) >= 11 is 0. The van der Waals surface area contributed by atoms with E-state index in [4.69, 9.17) is 0 Å². The number of rotatable bonds is 4. The minimum atomic E-state index is 0.0170. The van der Waals surface area contributed by atoms with Crippen molar-refractivity contribution in [2.75, 3.05) is 0 Å². The number of aliphatic hydroxyl groups is 1. The molecule has 5 aliphatic rings. The summed E-state index contributed by atoms with van der Waals surface area (Å²) in [4.78, 5) is 0. The van der Waals surface area contributed by atoms with E-state index in [1.54, 1.807) is 0 Å². The van der Waals surface area contributed by atoms with Gasteiger partial charge in [-0.25, -0.2) is 0 Å². The molecule has 0 aromatic heterocycles. The quantitative estimate of drug-likeness (QED) is 0.792. The lowest BCUT2D eigenvalue weighted by molar-refractivity contribution is -0.155. The zero-order valence-electron chi connectivity index (χ0n) is 11.8. The fraction of sp³-hybridized carbons (Fsp3) is 1.00. The van der Waals surface area contributed by atoms with Crippen LogP contribution in [-0.2, 0) is 0 Å². The molecule has 4 bridgehead atoms. The van der Waals surface area contributed by atoms with Gasteiger partial charge in [0.05, 0.1) is 6.10 Å². The fourth-order valence-corrected chi connectivity index (χ4v) is 6.29. The highest BCUT2D eigenvalue weighted by atomic mass is 16.3. The van der Waals surface area contributed by atoms with Gasteiger partial charge >= 0.3 is 0 Å². The number of aliphatic hydroxyl groups excluding tert-OH is 1. The highest BCUT2D eigenvalue weighted by Crippen LogP contribution is 2.66. The molecule has 5 rings (SSSR count). The molecule has 0 aromatic carbocycles. The zero-order chi connectivity index (χ0) is 12.4. The predicted molar refractivity (Wildman–Crippen MR) is 73.2 cm³/mol. The van der Waals surface area contributed by atoms with Gasteiger partial charge < -0.3 is 5.11 Å². The van der Waals surface area contributed by atoms with Crippen molar-refractivity contribution in [3.8, 4) is 0 Å². The van der Waals surface area contributed by atoms with Gasteiger partial charge in [-0.15, -0.1) is 0 Å². The van der Waals surface area contributed by atoms with Gasteiger partial charge in [-0.3, -0.25) is 0 Å². The van der Waals surface area contributed by atoms with E-state index in [2.05, 4.69) is 6.92 Å². The molecule has 0 amide bonds. The van der Waals surface area contributed by atoms with Crippen molar-refractivity contribution in [3.63, 3.8) is 0 Å². The second kappa shape index (κ2) is 3.75. The van der Waals surface area contributed by atoms with Crippen molar-refractivity contribution in [1.29, 1.82) is 0 Å². The van der Waals surface area contributed by atoms with Crippen LogP contribution in [0.2, 0.25) is 0 Å². The molecule has 3 unspecified atom stereocenters. The van der Waals surface area contributed by atoms with E-state index in [1.165, 1.54) is 57.8 Å². The van der Waals surface area contributed by atoms with Crippen molar-refractivity contribution in [1.82, 2.24) is 0 Å². The van der Waals surface area contributed by atoms with Crippen LogP contribution in [0.3, 0.4) is 0 Å². The third-order valence-corrected chi connectivity index (χ3v) is 6.65. The normalized spacial score (nSPS) is 51.7. The lowest BCUT2D eigenvalue weighted by atomic mass is 9.43. The second-order valence-corrected chi connectivity index (χ2v) is 8.67. The predicted octanol–water partition coefficient (Wildman–Crippen LogP) is 4.14. The summed E-state index contributed by atoms with van der Waals surface area (Å²) in [5, 5.41) is 10.8. The van der Waals surface area contributed by atoms with Crippen molar-refractivity contribution in [3.05, 3.63) is 0 Å². The highest BCUT2D eigenvalue weighted by Gasteiger charge is 2.57. The standard InChI is InChI=1S/C17H28O/c1-16-7-13-6-14(8-16)10-17(9-13,11-16)15(18)5-4-12-2-3-12/h12-15,18H,2-11H2,1H3. The molecule has 0 aromatic rings. The Hall–Kier alpha value is -0.0400. The Morgan fingerprint density at radius 2 is 1.78 bits per heavy atom. The van der Waals surface area contributed by atoms with Gasteiger partial charge in [0.15, 0.2) is 0 Å². The minimum Gasteiger partial charge on any atom is -0.393 e. The molecule has 0 saturated heterocycles. The van der Waals surface area contributed by atoms with Crippen LogP contribution in [-0.4, -0.2) is 11.2 Å². The van der Waals surface area contributed by atoms with Crippen molar-refractivity contribution < 1.29 is 5.11 Å². The van der Waals surface area contributed by atoms with E-state index in [1.807, 2.05) is 0 Å². The molecular weight excluding hydrogens is 220 g/mol. The molecule has 0 heterocycles. The maximum Gasteiger partial charge on any atom is 0.0596 e. The molecule has 18 heavy (non-hydrogen) atoms. The first-order chi connectivity index (χ1) is 8.57. The Bertz CT molecular complexity index is 330. The van der Waals surface area contributed by atoms with Gasteiger partial charge in [-0.2, -0.15) is 0 Å². The first-order valence-electron chi connectivity index (χ1n) is 8.25. The summed E-state index contributed by atoms with van der Waals surface area (Å²) in [5.41, 5.74) is 0.929. The third-order valence-electron chi connectivity index (χ3n) is 6.65.